The molecule has 1 fully saturated rings. The minimum atomic E-state index is 0.187. The predicted octanol–water partition coefficient (Wildman–Crippen LogP) is 2.02. The van der Waals surface area contributed by atoms with Gasteiger partial charge in [-0.2, -0.15) is 0 Å². The number of rotatable bonds is 3. The first-order valence-electron chi connectivity index (χ1n) is 4.44. The Balaban J connectivity index is 2.29. The van der Waals surface area contributed by atoms with E-state index in [1.807, 2.05) is 0 Å². The molecule has 3 N–H and O–H groups in total. The summed E-state index contributed by atoms with van der Waals surface area (Å²) in [4.78, 5) is 0. The highest BCUT2D eigenvalue weighted by molar-refractivity contribution is 6.55. The lowest BCUT2D eigenvalue weighted by Crippen LogP contribution is -2.63. The second-order valence-corrected chi connectivity index (χ2v) is 5.13. The largest absolute Gasteiger partial charge is 0.327 e. The summed E-state index contributed by atoms with van der Waals surface area (Å²) in [5.41, 5.74) is 6.06. The van der Waals surface area contributed by atoms with E-state index >= 15 is 0 Å². The third-order valence-electron chi connectivity index (χ3n) is 2.96. The lowest BCUT2D eigenvalue weighted by Gasteiger charge is -2.50. The predicted molar refractivity (Wildman–Crippen MR) is 58.0 cm³/mol. The van der Waals surface area contributed by atoms with Crippen LogP contribution < -0.4 is 11.1 Å². The second-order valence-electron chi connectivity index (χ2n) is 4.12. The molecule has 0 aromatic carbocycles. The molecule has 4 heteroatoms. The molecule has 0 amide bonds. The van der Waals surface area contributed by atoms with Crippen molar-refractivity contribution in [3.05, 3.63) is 10.6 Å². The maximum atomic E-state index is 5.87. The number of nitrogens with two attached hydrogens (primary N) is 1. The van der Waals surface area contributed by atoms with Crippen molar-refractivity contribution in [2.75, 3.05) is 6.54 Å². The Morgan fingerprint density at radius 2 is 2.23 bits per heavy atom. The summed E-state index contributed by atoms with van der Waals surface area (Å²) in [5.74, 6) is 0. The number of hydrogen-bond donors (Lipinski definition) is 2. The molecule has 1 aliphatic carbocycles. The molecule has 2 unspecified atom stereocenters. The van der Waals surface area contributed by atoms with E-state index < -0.39 is 0 Å². The van der Waals surface area contributed by atoms with Crippen LogP contribution in [0.15, 0.2) is 10.6 Å². The zero-order chi connectivity index (χ0) is 10.1. The Labute approximate surface area is 89.5 Å². The third-order valence-corrected chi connectivity index (χ3v) is 3.27. The standard InChI is InChI=1S/C9H16Cl2N2/c1-9(2)6(12)5-7(9)13-4-3-8(10)11/h3,6-7,13H,4-5,12H2,1-2H3. The van der Waals surface area contributed by atoms with Crippen LogP contribution in [0.2, 0.25) is 0 Å². The smallest absolute Gasteiger partial charge is 0.104 e. The zero-order valence-corrected chi connectivity index (χ0v) is 9.49. The highest BCUT2D eigenvalue weighted by atomic mass is 35.5. The molecule has 2 atom stereocenters. The molecule has 1 aliphatic rings. The van der Waals surface area contributed by atoms with Crippen LogP contribution >= 0.6 is 23.2 Å². The van der Waals surface area contributed by atoms with Gasteiger partial charge in [-0.15, -0.1) is 0 Å². The van der Waals surface area contributed by atoms with Crippen LogP contribution in [0.4, 0.5) is 0 Å². The van der Waals surface area contributed by atoms with Crippen molar-refractivity contribution in [2.45, 2.75) is 32.4 Å². The van der Waals surface area contributed by atoms with Crippen LogP contribution in [0.1, 0.15) is 20.3 Å². The summed E-state index contributed by atoms with van der Waals surface area (Å²) in [5, 5.41) is 3.35. The summed E-state index contributed by atoms with van der Waals surface area (Å²) in [7, 11) is 0. The van der Waals surface area contributed by atoms with Crippen molar-refractivity contribution < 1.29 is 0 Å². The van der Waals surface area contributed by atoms with Crippen LogP contribution in [0.25, 0.3) is 0 Å². The first-order chi connectivity index (χ1) is 5.94. The summed E-state index contributed by atoms with van der Waals surface area (Å²) in [6, 6.07) is 0.784. The summed E-state index contributed by atoms with van der Waals surface area (Å²) in [6.45, 7) is 5.05. The van der Waals surface area contributed by atoms with Gasteiger partial charge in [-0.25, -0.2) is 0 Å². The molecule has 1 rings (SSSR count). The Hall–Kier alpha value is 0.240. The van der Waals surface area contributed by atoms with Crippen LogP contribution in [0.3, 0.4) is 0 Å². The van der Waals surface area contributed by atoms with E-state index in [2.05, 4.69) is 19.2 Å². The van der Waals surface area contributed by atoms with E-state index in [-0.39, 0.29) is 5.41 Å². The average molecular weight is 223 g/mol. The lowest BCUT2D eigenvalue weighted by molar-refractivity contribution is 0.0763. The van der Waals surface area contributed by atoms with Gasteiger partial charge >= 0.3 is 0 Å². The number of hydrogen-bond acceptors (Lipinski definition) is 2. The molecule has 13 heavy (non-hydrogen) atoms. The van der Waals surface area contributed by atoms with Crippen molar-refractivity contribution >= 4 is 23.2 Å². The molecule has 2 nitrogen and oxygen atoms in total. The van der Waals surface area contributed by atoms with Crippen LogP contribution in [-0.2, 0) is 0 Å². The molecular weight excluding hydrogens is 207 g/mol. The molecule has 0 radical (unpaired) electrons. The third kappa shape index (κ3) is 2.59. The molecule has 1 saturated carbocycles. The van der Waals surface area contributed by atoms with Crippen molar-refractivity contribution in [1.29, 1.82) is 0 Å². The fourth-order valence-electron chi connectivity index (χ4n) is 1.58. The van der Waals surface area contributed by atoms with Gasteiger partial charge in [0.05, 0.1) is 0 Å². The van der Waals surface area contributed by atoms with Crippen LogP contribution in [0.5, 0.6) is 0 Å². The highest BCUT2D eigenvalue weighted by Gasteiger charge is 2.45. The van der Waals surface area contributed by atoms with Gasteiger partial charge in [0, 0.05) is 18.6 Å². The molecule has 0 aromatic rings. The highest BCUT2D eigenvalue weighted by Crippen LogP contribution is 2.38. The quantitative estimate of drug-likeness (QED) is 0.768. The van der Waals surface area contributed by atoms with E-state index in [1.54, 1.807) is 6.08 Å². The monoisotopic (exact) mass is 222 g/mol. The Morgan fingerprint density at radius 3 is 2.62 bits per heavy atom. The van der Waals surface area contributed by atoms with Gasteiger partial charge in [-0.3, -0.25) is 0 Å². The van der Waals surface area contributed by atoms with Gasteiger partial charge < -0.3 is 11.1 Å². The summed E-state index contributed by atoms with van der Waals surface area (Å²) in [6.07, 6.45) is 2.78. The Kier molecular flexibility index (Phi) is 3.64. The van der Waals surface area contributed by atoms with Crippen molar-refractivity contribution in [2.24, 2.45) is 11.1 Å². The van der Waals surface area contributed by atoms with Crippen molar-refractivity contribution in [3.63, 3.8) is 0 Å². The van der Waals surface area contributed by atoms with Gasteiger partial charge in [0.25, 0.3) is 0 Å². The van der Waals surface area contributed by atoms with Gasteiger partial charge in [-0.05, 0) is 17.9 Å². The van der Waals surface area contributed by atoms with E-state index in [9.17, 15) is 0 Å². The molecule has 0 heterocycles. The van der Waals surface area contributed by atoms with Gasteiger partial charge in [0.1, 0.15) is 4.49 Å². The SMILES string of the molecule is CC1(C)C(N)CC1NCC=C(Cl)Cl. The van der Waals surface area contributed by atoms with Crippen molar-refractivity contribution in [1.82, 2.24) is 5.32 Å². The molecule has 76 valence electrons. The molecule has 0 spiro atoms. The van der Waals surface area contributed by atoms with Crippen molar-refractivity contribution in [3.8, 4) is 0 Å². The molecule has 0 aromatic heterocycles. The normalized spacial score (nSPS) is 30.8. The number of nitrogens with one attached hydrogen (secondary N) is 1. The molecule has 0 aliphatic heterocycles. The van der Waals surface area contributed by atoms with Gasteiger partial charge in [0.2, 0.25) is 0 Å². The Bertz CT molecular complexity index is 210. The van der Waals surface area contributed by atoms with E-state index in [4.69, 9.17) is 28.9 Å². The zero-order valence-electron chi connectivity index (χ0n) is 7.98. The Morgan fingerprint density at radius 1 is 1.62 bits per heavy atom. The van der Waals surface area contributed by atoms with E-state index in [0.29, 0.717) is 23.1 Å². The summed E-state index contributed by atoms with van der Waals surface area (Å²) >= 11 is 11.0. The maximum Gasteiger partial charge on any atom is 0.104 e. The van der Waals surface area contributed by atoms with E-state index in [1.165, 1.54) is 0 Å². The topological polar surface area (TPSA) is 38.0 Å². The second kappa shape index (κ2) is 4.18. The van der Waals surface area contributed by atoms with Crippen LogP contribution in [-0.4, -0.2) is 18.6 Å². The van der Waals surface area contributed by atoms with Crippen LogP contribution in [0, 0.1) is 5.41 Å². The average Bonchev–Trinajstić information content (AvgIpc) is 2.02. The lowest BCUT2D eigenvalue weighted by atomic mass is 9.63. The number of halogens is 2. The fraction of sp³-hybridized carbons (Fsp3) is 0.778. The minimum Gasteiger partial charge on any atom is -0.327 e. The fourth-order valence-corrected chi connectivity index (χ4v) is 1.74. The molecular formula is C9H16Cl2N2. The molecule has 0 bridgehead atoms. The van der Waals surface area contributed by atoms with Gasteiger partial charge in [-0.1, -0.05) is 37.0 Å². The first kappa shape index (κ1) is 11.3. The molecule has 0 saturated heterocycles. The minimum absolute atomic E-state index is 0.187. The van der Waals surface area contributed by atoms with E-state index in [0.717, 1.165) is 6.42 Å². The maximum absolute atomic E-state index is 5.87. The summed E-state index contributed by atoms with van der Waals surface area (Å²) < 4.78 is 0.314. The van der Waals surface area contributed by atoms with Gasteiger partial charge in [0.15, 0.2) is 0 Å². The first-order valence-corrected chi connectivity index (χ1v) is 5.20.